The van der Waals surface area contributed by atoms with E-state index >= 15 is 0 Å². The lowest BCUT2D eigenvalue weighted by atomic mass is 9.73. The lowest BCUT2D eigenvalue weighted by Crippen LogP contribution is -2.41. The van der Waals surface area contributed by atoms with E-state index in [2.05, 4.69) is 25.2 Å². The molecule has 0 aliphatic heterocycles. The molecule has 2 rings (SSSR count). The second-order valence-electron chi connectivity index (χ2n) is 6.64. The number of nitrogens with zero attached hydrogens (tertiary/aromatic N) is 1. The van der Waals surface area contributed by atoms with Gasteiger partial charge in [-0.15, -0.1) is 0 Å². The monoisotopic (exact) mass is 286 g/mol. The minimum Gasteiger partial charge on any atom is -0.497 e. The van der Waals surface area contributed by atoms with Crippen molar-refractivity contribution in [3.63, 3.8) is 0 Å². The van der Waals surface area contributed by atoms with Crippen molar-refractivity contribution >= 4 is 5.69 Å². The number of nitriles is 1. The standard InChI is InChI=1S/C18H26N2O/c1-14(2)10-15-6-5-9-18(12-15,13-19)20-16-7-4-8-17(11-16)21-3/h4,7-8,11,14-15,20H,5-6,9-10,12H2,1-3H3. The molecule has 0 amide bonds. The molecule has 21 heavy (non-hydrogen) atoms. The minimum atomic E-state index is -0.426. The van der Waals surface area contributed by atoms with Gasteiger partial charge in [-0.1, -0.05) is 26.3 Å². The van der Waals surface area contributed by atoms with Gasteiger partial charge in [0.25, 0.3) is 0 Å². The first kappa shape index (κ1) is 15.7. The predicted octanol–water partition coefficient (Wildman–Crippen LogP) is 4.61. The van der Waals surface area contributed by atoms with Gasteiger partial charge in [-0.25, -0.2) is 0 Å². The molecule has 0 heterocycles. The summed E-state index contributed by atoms with van der Waals surface area (Å²) in [4.78, 5) is 0. The van der Waals surface area contributed by atoms with Crippen LogP contribution in [0.15, 0.2) is 24.3 Å². The van der Waals surface area contributed by atoms with Crippen molar-refractivity contribution in [1.29, 1.82) is 5.26 Å². The minimum absolute atomic E-state index is 0.426. The Bertz CT molecular complexity index is 506. The van der Waals surface area contributed by atoms with Crippen LogP contribution in [0.3, 0.4) is 0 Å². The molecule has 0 spiro atoms. The molecule has 0 bridgehead atoms. The Morgan fingerprint density at radius 3 is 2.95 bits per heavy atom. The molecule has 1 aliphatic rings. The summed E-state index contributed by atoms with van der Waals surface area (Å²) in [5, 5.41) is 13.2. The van der Waals surface area contributed by atoms with Crippen molar-refractivity contribution < 1.29 is 4.74 Å². The van der Waals surface area contributed by atoms with Gasteiger partial charge in [0, 0.05) is 11.8 Å². The van der Waals surface area contributed by atoms with E-state index in [9.17, 15) is 5.26 Å². The van der Waals surface area contributed by atoms with Crippen molar-refractivity contribution in [2.24, 2.45) is 11.8 Å². The summed E-state index contributed by atoms with van der Waals surface area (Å²) >= 11 is 0. The van der Waals surface area contributed by atoms with Crippen molar-refractivity contribution in [1.82, 2.24) is 0 Å². The first-order chi connectivity index (χ1) is 10.1. The van der Waals surface area contributed by atoms with Gasteiger partial charge >= 0.3 is 0 Å². The molecule has 0 saturated heterocycles. The summed E-state index contributed by atoms with van der Waals surface area (Å²) in [6.45, 7) is 4.52. The van der Waals surface area contributed by atoms with Gasteiger partial charge in [-0.3, -0.25) is 0 Å². The Kier molecular flexibility index (Phi) is 5.12. The van der Waals surface area contributed by atoms with Crippen LogP contribution in [0.2, 0.25) is 0 Å². The molecule has 1 fully saturated rings. The van der Waals surface area contributed by atoms with Crippen LogP contribution in [-0.4, -0.2) is 12.6 Å². The summed E-state index contributed by atoms with van der Waals surface area (Å²) in [6.07, 6.45) is 5.46. The first-order valence-corrected chi connectivity index (χ1v) is 7.90. The Labute approximate surface area is 128 Å². The van der Waals surface area contributed by atoms with E-state index in [0.717, 1.165) is 30.7 Å². The van der Waals surface area contributed by atoms with Crippen LogP contribution in [-0.2, 0) is 0 Å². The van der Waals surface area contributed by atoms with Crippen LogP contribution >= 0.6 is 0 Å². The molecule has 0 aromatic heterocycles. The Hall–Kier alpha value is -1.69. The Morgan fingerprint density at radius 2 is 2.29 bits per heavy atom. The van der Waals surface area contributed by atoms with E-state index in [1.54, 1.807) is 7.11 Å². The second kappa shape index (κ2) is 6.85. The van der Waals surface area contributed by atoms with E-state index in [-0.39, 0.29) is 0 Å². The van der Waals surface area contributed by atoms with Crippen molar-refractivity contribution in [2.45, 2.75) is 51.5 Å². The summed E-state index contributed by atoms with van der Waals surface area (Å²) in [7, 11) is 1.67. The van der Waals surface area contributed by atoms with Crippen LogP contribution < -0.4 is 10.1 Å². The van der Waals surface area contributed by atoms with Crippen LogP contribution in [0.25, 0.3) is 0 Å². The van der Waals surface area contributed by atoms with Gasteiger partial charge in [-0.2, -0.15) is 5.26 Å². The normalized spacial score (nSPS) is 25.4. The van der Waals surface area contributed by atoms with Gasteiger partial charge in [-0.05, 0) is 49.7 Å². The highest BCUT2D eigenvalue weighted by Gasteiger charge is 2.36. The average molecular weight is 286 g/mol. The third-order valence-electron chi connectivity index (χ3n) is 4.33. The zero-order valence-corrected chi connectivity index (χ0v) is 13.4. The number of ether oxygens (including phenoxy) is 1. The van der Waals surface area contributed by atoms with Gasteiger partial charge in [0.05, 0.1) is 13.2 Å². The molecule has 2 unspecified atom stereocenters. The lowest BCUT2D eigenvalue weighted by Gasteiger charge is -2.37. The molecule has 2 atom stereocenters. The van der Waals surface area contributed by atoms with E-state index in [4.69, 9.17) is 4.74 Å². The SMILES string of the molecule is COc1cccc(NC2(C#N)CCCC(CC(C)C)C2)c1. The van der Waals surface area contributed by atoms with Crippen molar-refractivity contribution in [3.05, 3.63) is 24.3 Å². The number of anilines is 1. The largest absolute Gasteiger partial charge is 0.497 e. The molecule has 114 valence electrons. The molecule has 1 aromatic rings. The van der Waals surface area contributed by atoms with Crippen LogP contribution in [0.1, 0.15) is 46.0 Å². The van der Waals surface area contributed by atoms with E-state index < -0.39 is 5.54 Å². The Morgan fingerprint density at radius 1 is 1.48 bits per heavy atom. The summed E-state index contributed by atoms with van der Waals surface area (Å²) < 4.78 is 5.26. The first-order valence-electron chi connectivity index (χ1n) is 7.90. The van der Waals surface area contributed by atoms with Gasteiger partial charge in [0.2, 0.25) is 0 Å². The molecule has 1 N–H and O–H groups in total. The van der Waals surface area contributed by atoms with Crippen molar-refractivity contribution in [3.8, 4) is 11.8 Å². The highest BCUT2D eigenvalue weighted by molar-refractivity contribution is 5.51. The zero-order valence-electron chi connectivity index (χ0n) is 13.4. The molecule has 1 saturated carbocycles. The van der Waals surface area contributed by atoms with E-state index in [1.165, 1.54) is 12.8 Å². The summed E-state index contributed by atoms with van der Waals surface area (Å²) in [5.41, 5.74) is 0.547. The maximum absolute atomic E-state index is 9.74. The third-order valence-corrected chi connectivity index (χ3v) is 4.33. The topological polar surface area (TPSA) is 45.0 Å². The van der Waals surface area contributed by atoms with Gasteiger partial charge in [0.1, 0.15) is 11.3 Å². The maximum Gasteiger partial charge on any atom is 0.125 e. The molecule has 0 radical (unpaired) electrons. The Balaban J connectivity index is 2.11. The maximum atomic E-state index is 9.74. The zero-order chi connectivity index (χ0) is 15.3. The molecular weight excluding hydrogens is 260 g/mol. The summed E-state index contributed by atoms with van der Waals surface area (Å²) in [5.74, 6) is 2.17. The molecule has 3 nitrogen and oxygen atoms in total. The second-order valence-corrected chi connectivity index (χ2v) is 6.64. The average Bonchev–Trinajstić information content (AvgIpc) is 2.47. The fraction of sp³-hybridized carbons (Fsp3) is 0.611. The fourth-order valence-electron chi connectivity index (χ4n) is 3.48. The number of hydrogen-bond acceptors (Lipinski definition) is 3. The number of benzene rings is 1. The number of rotatable bonds is 5. The van der Waals surface area contributed by atoms with Gasteiger partial charge < -0.3 is 10.1 Å². The highest BCUT2D eigenvalue weighted by Crippen LogP contribution is 2.38. The van der Waals surface area contributed by atoms with E-state index in [0.29, 0.717) is 11.8 Å². The van der Waals surface area contributed by atoms with E-state index in [1.807, 2.05) is 24.3 Å². The highest BCUT2D eigenvalue weighted by atomic mass is 16.5. The van der Waals surface area contributed by atoms with Crippen LogP contribution in [0, 0.1) is 23.2 Å². The van der Waals surface area contributed by atoms with Crippen LogP contribution in [0.5, 0.6) is 5.75 Å². The lowest BCUT2D eigenvalue weighted by molar-refractivity contribution is 0.254. The van der Waals surface area contributed by atoms with Gasteiger partial charge in [0.15, 0.2) is 0 Å². The van der Waals surface area contributed by atoms with Crippen molar-refractivity contribution in [2.75, 3.05) is 12.4 Å². The molecular formula is C18H26N2O. The smallest absolute Gasteiger partial charge is 0.125 e. The predicted molar refractivity (Wildman–Crippen MR) is 86.4 cm³/mol. The third kappa shape index (κ3) is 4.14. The van der Waals surface area contributed by atoms with Crippen LogP contribution in [0.4, 0.5) is 5.69 Å². The molecule has 1 aliphatic carbocycles. The molecule has 3 heteroatoms. The quantitative estimate of drug-likeness (QED) is 0.860. The summed E-state index contributed by atoms with van der Waals surface area (Å²) in [6, 6.07) is 10.4. The molecule has 1 aromatic carbocycles. The fourth-order valence-corrected chi connectivity index (χ4v) is 3.48. The number of nitrogens with one attached hydrogen (secondary N) is 1. The number of methoxy groups -OCH3 is 1. The number of hydrogen-bond donors (Lipinski definition) is 1.